The summed E-state index contributed by atoms with van der Waals surface area (Å²) in [5, 5.41) is 13.9. The average molecular weight is 257 g/mol. The van der Waals surface area contributed by atoms with E-state index in [4.69, 9.17) is 10.8 Å². The molecule has 0 heterocycles. The molecule has 1 rings (SSSR count). The minimum Gasteiger partial charge on any atom is -0.481 e. The number of rotatable bonds is 5. The number of nitrogens with one attached hydrogen (secondary N) is 2. The number of urea groups is 1. The van der Waals surface area contributed by atoms with Crippen molar-refractivity contribution in [3.63, 3.8) is 0 Å². The van der Waals surface area contributed by atoms with Crippen molar-refractivity contribution in [2.24, 2.45) is 5.73 Å². The van der Waals surface area contributed by atoms with Crippen LogP contribution in [0.15, 0.2) is 0 Å². The highest BCUT2D eigenvalue weighted by atomic mass is 16.4. The lowest BCUT2D eigenvalue weighted by atomic mass is 9.93. The largest absolute Gasteiger partial charge is 0.481 e. The summed E-state index contributed by atoms with van der Waals surface area (Å²) in [7, 11) is 0. The second kappa shape index (κ2) is 5.70. The smallest absolute Gasteiger partial charge is 0.315 e. The van der Waals surface area contributed by atoms with E-state index in [0.29, 0.717) is 12.8 Å². The third kappa shape index (κ3) is 3.90. The van der Waals surface area contributed by atoms with Gasteiger partial charge in [-0.15, -0.1) is 0 Å². The Hall–Kier alpha value is -1.79. The zero-order valence-electron chi connectivity index (χ0n) is 10.4. The molecule has 3 amide bonds. The molecular weight excluding hydrogens is 238 g/mol. The van der Waals surface area contributed by atoms with E-state index >= 15 is 0 Å². The van der Waals surface area contributed by atoms with Gasteiger partial charge in [-0.3, -0.25) is 9.59 Å². The van der Waals surface area contributed by atoms with Gasteiger partial charge >= 0.3 is 12.0 Å². The zero-order chi connectivity index (χ0) is 13.8. The molecule has 0 saturated heterocycles. The first-order valence-electron chi connectivity index (χ1n) is 5.94. The summed E-state index contributed by atoms with van der Waals surface area (Å²) in [6.07, 6.45) is 2.94. The van der Waals surface area contributed by atoms with Crippen LogP contribution in [-0.2, 0) is 9.59 Å². The van der Waals surface area contributed by atoms with Crippen molar-refractivity contribution in [3.05, 3.63) is 0 Å². The number of carbonyl (C=O) groups excluding carboxylic acids is 2. The normalized spacial score (nSPS) is 18.9. The molecule has 0 aromatic rings. The van der Waals surface area contributed by atoms with Crippen LogP contribution in [0.3, 0.4) is 0 Å². The fourth-order valence-electron chi connectivity index (χ4n) is 2.23. The van der Waals surface area contributed by atoms with E-state index in [-0.39, 0.29) is 6.42 Å². The minimum atomic E-state index is -0.944. The molecule has 0 spiro atoms. The van der Waals surface area contributed by atoms with Gasteiger partial charge in [0.2, 0.25) is 5.91 Å². The van der Waals surface area contributed by atoms with Crippen molar-refractivity contribution in [2.75, 3.05) is 0 Å². The lowest BCUT2D eigenvalue weighted by Crippen LogP contribution is -2.55. The SMILES string of the molecule is CC(NC(=O)NC1(CC(=O)O)CCCC1)C(N)=O. The third-order valence-corrected chi connectivity index (χ3v) is 3.20. The molecule has 1 aliphatic rings. The second-order valence-electron chi connectivity index (χ2n) is 4.78. The molecule has 1 aliphatic carbocycles. The van der Waals surface area contributed by atoms with E-state index in [0.717, 1.165) is 12.8 Å². The molecule has 0 radical (unpaired) electrons. The van der Waals surface area contributed by atoms with Crippen LogP contribution in [0, 0.1) is 0 Å². The number of amides is 3. The van der Waals surface area contributed by atoms with Crippen LogP contribution in [-0.4, -0.2) is 34.6 Å². The van der Waals surface area contributed by atoms with Gasteiger partial charge in [-0.1, -0.05) is 12.8 Å². The average Bonchev–Trinajstić information content (AvgIpc) is 2.64. The molecule has 1 fully saturated rings. The minimum absolute atomic E-state index is 0.106. The van der Waals surface area contributed by atoms with Gasteiger partial charge in [-0.25, -0.2) is 4.79 Å². The lowest BCUT2D eigenvalue weighted by molar-refractivity contribution is -0.138. The first-order chi connectivity index (χ1) is 8.34. The van der Waals surface area contributed by atoms with Crippen molar-refractivity contribution in [1.82, 2.24) is 10.6 Å². The van der Waals surface area contributed by atoms with Crippen LogP contribution >= 0.6 is 0 Å². The highest BCUT2D eigenvalue weighted by molar-refractivity contribution is 5.86. The van der Waals surface area contributed by atoms with Crippen molar-refractivity contribution in [1.29, 1.82) is 0 Å². The van der Waals surface area contributed by atoms with E-state index in [1.165, 1.54) is 6.92 Å². The summed E-state index contributed by atoms with van der Waals surface area (Å²) < 4.78 is 0. The monoisotopic (exact) mass is 257 g/mol. The number of nitrogens with two attached hydrogens (primary N) is 1. The van der Waals surface area contributed by atoms with Crippen molar-refractivity contribution in [3.8, 4) is 0 Å². The molecule has 1 atom stereocenters. The molecule has 7 nitrogen and oxygen atoms in total. The zero-order valence-corrected chi connectivity index (χ0v) is 10.4. The quantitative estimate of drug-likeness (QED) is 0.551. The fourth-order valence-corrected chi connectivity index (χ4v) is 2.23. The van der Waals surface area contributed by atoms with Crippen LogP contribution in [0.5, 0.6) is 0 Å². The number of primary amides is 1. The number of aliphatic carboxylic acids is 1. The van der Waals surface area contributed by atoms with E-state index in [9.17, 15) is 14.4 Å². The molecule has 0 aliphatic heterocycles. The van der Waals surface area contributed by atoms with Crippen molar-refractivity contribution in [2.45, 2.75) is 50.6 Å². The molecule has 0 aromatic carbocycles. The maximum absolute atomic E-state index is 11.7. The Morgan fingerprint density at radius 1 is 1.33 bits per heavy atom. The van der Waals surface area contributed by atoms with E-state index < -0.39 is 29.5 Å². The molecule has 1 unspecified atom stereocenters. The molecule has 0 bridgehead atoms. The van der Waals surface area contributed by atoms with Crippen LogP contribution in [0.4, 0.5) is 4.79 Å². The lowest BCUT2D eigenvalue weighted by Gasteiger charge is -2.29. The van der Waals surface area contributed by atoms with Crippen molar-refractivity contribution >= 4 is 17.9 Å². The fraction of sp³-hybridized carbons (Fsp3) is 0.727. The molecular formula is C11H19N3O4. The first kappa shape index (κ1) is 14.3. The van der Waals surface area contributed by atoms with Crippen LogP contribution < -0.4 is 16.4 Å². The highest BCUT2D eigenvalue weighted by Crippen LogP contribution is 2.32. The molecule has 102 valence electrons. The highest BCUT2D eigenvalue weighted by Gasteiger charge is 2.37. The Labute approximate surface area is 105 Å². The number of carboxylic acid groups (broad SMARTS) is 1. The molecule has 18 heavy (non-hydrogen) atoms. The summed E-state index contributed by atoms with van der Waals surface area (Å²) in [5.41, 5.74) is 4.33. The van der Waals surface area contributed by atoms with Crippen LogP contribution in [0.1, 0.15) is 39.0 Å². The van der Waals surface area contributed by atoms with Gasteiger partial charge < -0.3 is 21.5 Å². The molecule has 1 saturated carbocycles. The number of hydrogen-bond donors (Lipinski definition) is 4. The number of hydrogen-bond acceptors (Lipinski definition) is 3. The Kier molecular flexibility index (Phi) is 4.52. The summed E-state index contributed by atoms with van der Waals surface area (Å²) in [6, 6.07) is -1.34. The number of carboxylic acids is 1. The van der Waals surface area contributed by atoms with E-state index in [1.807, 2.05) is 0 Å². The van der Waals surface area contributed by atoms with Crippen LogP contribution in [0.25, 0.3) is 0 Å². The third-order valence-electron chi connectivity index (χ3n) is 3.20. The van der Waals surface area contributed by atoms with Gasteiger partial charge in [-0.2, -0.15) is 0 Å². The number of carbonyl (C=O) groups is 3. The van der Waals surface area contributed by atoms with Crippen molar-refractivity contribution < 1.29 is 19.5 Å². The van der Waals surface area contributed by atoms with Gasteiger partial charge in [0, 0.05) is 0 Å². The van der Waals surface area contributed by atoms with E-state index in [1.54, 1.807) is 0 Å². The van der Waals surface area contributed by atoms with Gasteiger partial charge in [0.25, 0.3) is 0 Å². The summed E-state index contributed by atoms with van der Waals surface area (Å²) >= 11 is 0. The van der Waals surface area contributed by atoms with Gasteiger partial charge in [0.15, 0.2) is 0 Å². The second-order valence-corrected chi connectivity index (χ2v) is 4.78. The standard InChI is InChI=1S/C11H19N3O4/c1-7(9(12)17)13-10(18)14-11(6-8(15)16)4-2-3-5-11/h7H,2-6H2,1H3,(H2,12,17)(H,15,16)(H2,13,14,18). The Bertz CT molecular complexity index is 350. The summed E-state index contributed by atoms with van der Waals surface area (Å²) in [4.78, 5) is 33.3. The molecule has 7 heteroatoms. The predicted molar refractivity (Wildman–Crippen MR) is 63.8 cm³/mol. The summed E-state index contributed by atoms with van der Waals surface area (Å²) in [5.74, 6) is -1.58. The Morgan fingerprint density at radius 2 is 1.89 bits per heavy atom. The maximum Gasteiger partial charge on any atom is 0.315 e. The van der Waals surface area contributed by atoms with E-state index in [2.05, 4.69) is 10.6 Å². The Balaban J connectivity index is 2.58. The van der Waals surface area contributed by atoms with Crippen LogP contribution in [0.2, 0.25) is 0 Å². The summed E-state index contributed by atoms with van der Waals surface area (Å²) in [6.45, 7) is 1.47. The first-order valence-corrected chi connectivity index (χ1v) is 5.94. The van der Waals surface area contributed by atoms with Gasteiger partial charge in [0.1, 0.15) is 6.04 Å². The molecule has 0 aromatic heterocycles. The Morgan fingerprint density at radius 3 is 2.33 bits per heavy atom. The topological polar surface area (TPSA) is 122 Å². The maximum atomic E-state index is 11.7. The molecule has 5 N–H and O–H groups in total. The van der Waals surface area contributed by atoms with Gasteiger partial charge in [0.05, 0.1) is 12.0 Å². The van der Waals surface area contributed by atoms with Gasteiger partial charge in [-0.05, 0) is 19.8 Å². The predicted octanol–water partition coefficient (Wildman–Crippen LogP) is -0.0531.